The van der Waals surface area contributed by atoms with Crippen molar-refractivity contribution in [2.45, 2.75) is 70.5 Å². The molecule has 8 heteroatoms. The molecule has 1 saturated heterocycles. The van der Waals surface area contributed by atoms with E-state index in [1.54, 1.807) is 32.9 Å². The highest BCUT2D eigenvalue weighted by molar-refractivity contribution is 7.91. The lowest BCUT2D eigenvalue weighted by molar-refractivity contribution is -0.149. The summed E-state index contributed by atoms with van der Waals surface area (Å²) in [5.74, 6) is -4.60. The first kappa shape index (κ1) is 24.6. The SMILES string of the molecule is CCCCOc1ccc(/C(=N\[S+]([O-])C(C)(C)C)C(F)(F)C(=O)N2CCCCC2)cc1. The highest BCUT2D eigenvalue weighted by Crippen LogP contribution is 2.29. The molecule has 5 nitrogen and oxygen atoms in total. The molecule has 0 spiro atoms. The molecule has 0 bridgehead atoms. The largest absolute Gasteiger partial charge is 0.591 e. The standard InChI is InChI=1S/C22H32F2N2O3S/c1-5-6-16-29-18-12-10-17(11-13-18)19(25-30(28)21(2,3)4)22(23,24)20(27)26-14-8-7-9-15-26/h10-13H,5-9,14-16H2,1-4H3/b25-19+. The van der Waals surface area contributed by atoms with E-state index in [-0.39, 0.29) is 5.56 Å². The van der Waals surface area contributed by atoms with E-state index in [4.69, 9.17) is 4.74 Å². The molecular weight excluding hydrogens is 410 g/mol. The number of likely N-dealkylation sites (tertiary alicyclic amines) is 1. The molecule has 1 unspecified atom stereocenters. The number of benzene rings is 1. The minimum absolute atomic E-state index is 0.0609. The lowest BCUT2D eigenvalue weighted by atomic mass is 10.0. The van der Waals surface area contributed by atoms with Crippen LogP contribution < -0.4 is 4.74 Å². The number of unbranched alkanes of at least 4 members (excludes halogenated alkanes) is 1. The average Bonchev–Trinajstić information content (AvgIpc) is 2.72. The Balaban J connectivity index is 2.37. The van der Waals surface area contributed by atoms with Crippen molar-refractivity contribution in [2.75, 3.05) is 19.7 Å². The van der Waals surface area contributed by atoms with Gasteiger partial charge in [0, 0.05) is 18.7 Å². The molecule has 1 aromatic rings. The van der Waals surface area contributed by atoms with Crippen LogP contribution in [0.15, 0.2) is 28.7 Å². The zero-order chi connectivity index (χ0) is 22.4. The normalized spacial score (nSPS) is 17.0. The third-order valence-corrected chi connectivity index (χ3v) is 6.20. The van der Waals surface area contributed by atoms with E-state index in [1.165, 1.54) is 17.0 Å². The number of amides is 1. The summed E-state index contributed by atoms with van der Waals surface area (Å²) in [5.41, 5.74) is -0.697. The van der Waals surface area contributed by atoms with Gasteiger partial charge in [-0.1, -0.05) is 17.7 Å². The van der Waals surface area contributed by atoms with Crippen molar-refractivity contribution in [3.05, 3.63) is 29.8 Å². The predicted octanol–water partition coefficient (Wildman–Crippen LogP) is 4.76. The van der Waals surface area contributed by atoms with Gasteiger partial charge in [0.2, 0.25) is 0 Å². The zero-order valence-corrected chi connectivity index (χ0v) is 19.1. The van der Waals surface area contributed by atoms with E-state index >= 15 is 8.78 Å². The maximum absolute atomic E-state index is 15.4. The fourth-order valence-electron chi connectivity index (χ4n) is 2.95. The fourth-order valence-corrected chi connectivity index (χ4v) is 3.61. The quantitative estimate of drug-likeness (QED) is 0.331. The van der Waals surface area contributed by atoms with Gasteiger partial charge in [-0.3, -0.25) is 4.79 Å². The van der Waals surface area contributed by atoms with Gasteiger partial charge in [-0.25, -0.2) is 0 Å². The van der Waals surface area contributed by atoms with Gasteiger partial charge in [0.25, 0.3) is 5.91 Å². The van der Waals surface area contributed by atoms with Crippen molar-refractivity contribution >= 4 is 23.0 Å². The molecule has 1 atom stereocenters. The number of alkyl halides is 2. The number of carbonyl (C=O) groups is 1. The summed E-state index contributed by atoms with van der Waals surface area (Å²) in [6, 6.07) is 6.03. The van der Waals surface area contributed by atoms with Gasteiger partial charge in [0.1, 0.15) is 21.9 Å². The number of piperidine rings is 1. The van der Waals surface area contributed by atoms with Crippen LogP contribution in [0.3, 0.4) is 0 Å². The Labute approximate surface area is 181 Å². The van der Waals surface area contributed by atoms with Crippen LogP contribution in [0.4, 0.5) is 8.78 Å². The molecule has 1 amide bonds. The van der Waals surface area contributed by atoms with E-state index in [2.05, 4.69) is 4.40 Å². The minimum Gasteiger partial charge on any atom is -0.591 e. The first-order valence-electron chi connectivity index (χ1n) is 10.5. The summed E-state index contributed by atoms with van der Waals surface area (Å²) < 4.78 is 51.9. The number of ether oxygens (including phenoxy) is 1. The molecule has 0 aliphatic carbocycles. The maximum atomic E-state index is 15.4. The van der Waals surface area contributed by atoms with E-state index in [9.17, 15) is 9.35 Å². The van der Waals surface area contributed by atoms with Gasteiger partial charge < -0.3 is 14.2 Å². The number of hydrogen-bond donors (Lipinski definition) is 0. The molecule has 0 aromatic heterocycles. The summed E-state index contributed by atoms with van der Waals surface area (Å²) in [7, 11) is 0. The Morgan fingerprint density at radius 2 is 1.77 bits per heavy atom. The Hall–Kier alpha value is -1.67. The molecule has 0 N–H and O–H groups in total. The summed E-state index contributed by atoms with van der Waals surface area (Å²) in [6.45, 7) is 8.14. The third-order valence-electron chi connectivity index (χ3n) is 4.80. The number of halogens is 2. The van der Waals surface area contributed by atoms with Crippen molar-refractivity contribution in [3.8, 4) is 5.75 Å². The average molecular weight is 443 g/mol. The van der Waals surface area contributed by atoms with Crippen LogP contribution in [0.25, 0.3) is 0 Å². The van der Waals surface area contributed by atoms with Crippen LogP contribution in [0.1, 0.15) is 65.4 Å². The number of hydrogen-bond acceptors (Lipinski definition) is 4. The Kier molecular flexibility index (Phi) is 8.67. The number of rotatable bonds is 8. The van der Waals surface area contributed by atoms with E-state index in [0.717, 1.165) is 19.3 Å². The molecule has 2 rings (SSSR count). The predicted molar refractivity (Wildman–Crippen MR) is 117 cm³/mol. The Bertz CT molecular complexity index is 727. The van der Waals surface area contributed by atoms with Gasteiger partial charge in [0.15, 0.2) is 5.71 Å². The van der Waals surface area contributed by atoms with Crippen LogP contribution in [0.5, 0.6) is 5.75 Å². The molecule has 1 aliphatic heterocycles. The monoisotopic (exact) mass is 442 g/mol. The van der Waals surface area contributed by atoms with Crippen molar-refractivity contribution in [2.24, 2.45) is 4.40 Å². The van der Waals surface area contributed by atoms with Gasteiger partial charge in [0.05, 0.1) is 6.61 Å². The zero-order valence-electron chi connectivity index (χ0n) is 18.2. The van der Waals surface area contributed by atoms with Gasteiger partial charge in [-0.05, 0) is 70.7 Å². The summed E-state index contributed by atoms with van der Waals surface area (Å²) >= 11 is -1.94. The van der Waals surface area contributed by atoms with Crippen molar-refractivity contribution < 1.29 is 22.9 Å². The molecule has 1 heterocycles. The second-order valence-electron chi connectivity index (χ2n) is 8.46. The molecule has 0 radical (unpaired) electrons. The highest BCUT2D eigenvalue weighted by Gasteiger charge is 2.50. The van der Waals surface area contributed by atoms with Crippen LogP contribution in [0, 0.1) is 0 Å². The van der Waals surface area contributed by atoms with Crippen LogP contribution in [0.2, 0.25) is 0 Å². The molecule has 0 saturated carbocycles. The van der Waals surface area contributed by atoms with Crippen LogP contribution in [-0.4, -0.2) is 51.4 Å². The van der Waals surface area contributed by atoms with Crippen LogP contribution >= 0.6 is 0 Å². The summed E-state index contributed by atoms with van der Waals surface area (Å²) in [5, 5.41) is 0. The second kappa shape index (κ2) is 10.6. The molecule has 1 aliphatic rings. The molecular formula is C22H32F2N2O3S. The van der Waals surface area contributed by atoms with Gasteiger partial charge >= 0.3 is 5.92 Å². The maximum Gasteiger partial charge on any atom is 0.371 e. The molecule has 1 aromatic carbocycles. The van der Waals surface area contributed by atoms with Crippen LogP contribution in [-0.2, 0) is 16.2 Å². The lowest BCUT2D eigenvalue weighted by Crippen LogP contribution is -2.50. The summed E-state index contributed by atoms with van der Waals surface area (Å²) in [4.78, 5) is 13.9. The van der Waals surface area contributed by atoms with Crippen molar-refractivity contribution in [1.29, 1.82) is 0 Å². The second-order valence-corrected chi connectivity index (χ2v) is 10.4. The third kappa shape index (κ3) is 6.41. The smallest absolute Gasteiger partial charge is 0.371 e. The number of carbonyl (C=O) groups excluding carboxylic acids is 1. The molecule has 168 valence electrons. The van der Waals surface area contributed by atoms with Crippen molar-refractivity contribution in [1.82, 2.24) is 4.90 Å². The lowest BCUT2D eigenvalue weighted by Gasteiger charge is -2.30. The molecule has 30 heavy (non-hydrogen) atoms. The minimum atomic E-state index is -3.87. The Morgan fingerprint density at radius 3 is 2.30 bits per heavy atom. The van der Waals surface area contributed by atoms with Gasteiger partial charge in [-0.15, -0.1) is 0 Å². The fraction of sp³-hybridized carbons (Fsp3) is 0.636. The van der Waals surface area contributed by atoms with Gasteiger partial charge in [-0.2, -0.15) is 8.78 Å². The first-order valence-corrected chi connectivity index (χ1v) is 11.6. The Morgan fingerprint density at radius 1 is 1.17 bits per heavy atom. The van der Waals surface area contributed by atoms with E-state index in [0.29, 0.717) is 38.3 Å². The highest BCUT2D eigenvalue weighted by atomic mass is 32.2. The van der Waals surface area contributed by atoms with Crippen molar-refractivity contribution in [3.63, 3.8) is 0 Å². The summed E-state index contributed by atoms with van der Waals surface area (Å²) in [6.07, 6.45) is 4.20. The van der Waals surface area contributed by atoms with E-state index in [1.807, 2.05) is 6.92 Å². The topological polar surface area (TPSA) is 65.0 Å². The first-order chi connectivity index (χ1) is 14.1. The molecule has 1 fully saturated rings. The number of nitrogens with zero attached hydrogens (tertiary/aromatic N) is 2. The van der Waals surface area contributed by atoms with E-state index < -0.39 is 33.7 Å².